The largest absolute Gasteiger partial charge is 0.341 e. The van der Waals surface area contributed by atoms with Crippen LogP contribution in [0, 0.1) is 18.3 Å². The molecule has 1 atom stereocenters. The van der Waals surface area contributed by atoms with E-state index in [9.17, 15) is 13.2 Å². The van der Waals surface area contributed by atoms with Gasteiger partial charge in [-0.25, -0.2) is 13.1 Å². The summed E-state index contributed by atoms with van der Waals surface area (Å²) in [4.78, 5) is 13.6. The Balaban J connectivity index is 1.88. The van der Waals surface area contributed by atoms with E-state index in [1.54, 1.807) is 30.0 Å². The van der Waals surface area contributed by atoms with Gasteiger partial charge in [0.25, 0.3) is 10.0 Å². The maximum atomic E-state index is 12.8. The lowest BCUT2D eigenvalue weighted by Crippen LogP contribution is -2.37. The number of nitrogens with zero attached hydrogens (tertiary/aromatic N) is 2. The first-order chi connectivity index (χ1) is 11.9. The van der Waals surface area contributed by atoms with Gasteiger partial charge in [-0.15, -0.1) is 11.3 Å². The average molecular weight is 377 g/mol. The van der Waals surface area contributed by atoms with E-state index in [-0.39, 0.29) is 16.5 Å². The van der Waals surface area contributed by atoms with Crippen molar-refractivity contribution in [1.82, 2.24) is 9.62 Å². The fourth-order valence-corrected chi connectivity index (χ4v) is 6.12. The number of carbonyl (C=O) groups excluding carboxylic acids is 1. The lowest BCUT2D eigenvalue weighted by atomic mass is 10.1. The van der Waals surface area contributed by atoms with Gasteiger partial charge < -0.3 is 4.90 Å². The van der Waals surface area contributed by atoms with E-state index in [4.69, 9.17) is 5.26 Å². The van der Waals surface area contributed by atoms with Crippen molar-refractivity contribution in [2.45, 2.75) is 36.9 Å². The van der Waals surface area contributed by atoms with Crippen LogP contribution in [0.3, 0.4) is 0 Å². The summed E-state index contributed by atoms with van der Waals surface area (Å²) >= 11 is 1.19. The summed E-state index contributed by atoms with van der Waals surface area (Å²) < 4.78 is 29.4. The predicted molar refractivity (Wildman–Crippen MR) is 96.9 cm³/mol. The van der Waals surface area contributed by atoms with Crippen LogP contribution in [-0.2, 0) is 14.8 Å². The minimum atomic E-state index is -3.71. The van der Waals surface area contributed by atoms with Crippen LogP contribution in [-0.4, -0.2) is 38.4 Å². The number of carbonyl (C=O) groups is 1. The molecule has 0 unspecified atom stereocenters. The van der Waals surface area contributed by atoms with Crippen LogP contribution >= 0.6 is 11.3 Å². The molecule has 1 aliphatic rings. The first-order valence-electron chi connectivity index (χ1n) is 8.09. The highest BCUT2D eigenvalue weighted by Gasteiger charge is 2.33. The Kier molecular flexibility index (Phi) is 4.82. The standard InChI is InChI=1S/C17H19N3O3S2/c1-3-6-20-10-13(8-16(20)21)19-25(22,23)17-11(2)14-7-12(9-18)4-5-15(14)24-17/h4-5,7,13,19H,3,6,8,10H2,1-2H3/t13-/m0/s1. The molecule has 2 heterocycles. The minimum Gasteiger partial charge on any atom is -0.341 e. The number of rotatable bonds is 5. The van der Waals surface area contributed by atoms with Gasteiger partial charge in [0.2, 0.25) is 5.91 Å². The van der Waals surface area contributed by atoms with Gasteiger partial charge in [0.15, 0.2) is 0 Å². The molecule has 132 valence electrons. The van der Waals surface area contributed by atoms with E-state index in [1.807, 2.05) is 6.92 Å². The van der Waals surface area contributed by atoms with E-state index in [0.29, 0.717) is 24.2 Å². The number of fused-ring (bicyclic) bond motifs is 1. The molecule has 1 saturated heterocycles. The Morgan fingerprint density at radius 3 is 2.88 bits per heavy atom. The fourth-order valence-electron chi connectivity index (χ4n) is 3.13. The Hall–Kier alpha value is -1.95. The van der Waals surface area contributed by atoms with Gasteiger partial charge >= 0.3 is 0 Å². The third-order valence-corrected chi connectivity index (χ3v) is 7.71. The van der Waals surface area contributed by atoms with E-state index in [2.05, 4.69) is 10.8 Å². The van der Waals surface area contributed by atoms with E-state index in [0.717, 1.165) is 16.5 Å². The van der Waals surface area contributed by atoms with Crippen molar-refractivity contribution in [2.24, 2.45) is 0 Å². The molecule has 8 heteroatoms. The summed E-state index contributed by atoms with van der Waals surface area (Å²) in [5.74, 6) is -0.0127. The summed E-state index contributed by atoms with van der Waals surface area (Å²) in [5.41, 5.74) is 1.14. The molecular weight excluding hydrogens is 358 g/mol. The lowest BCUT2D eigenvalue weighted by molar-refractivity contribution is -0.127. The molecular formula is C17H19N3O3S2. The molecule has 1 amide bonds. The Bertz CT molecular complexity index is 973. The smallest absolute Gasteiger partial charge is 0.250 e. The van der Waals surface area contributed by atoms with Gasteiger partial charge in [0, 0.05) is 30.3 Å². The predicted octanol–water partition coefficient (Wildman–Crippen LogP) is 2.37. The highest BCUT2D eigenvalue weighted by molar-refractivity contribution is 7.91. The first-order valence-corrected chi connectivity index (χ1v) is 10.4. The number of aryl methyl sites for hydroxylation is 1. The van der Waals surface area contributed by atoms with Crippen molar-refractivity contribution >= 4 is 37.4 Å². The van der Waals surface area contributed by atoms with E-state index < -0.39 is 16.1 Å². The molecule has 3 rings (SSSR count). The Labute approximate surface area is 151 Å². The first kappa shape index (κ1) is 17.9. The molecule has 6 nitrogen and oxygen atoms in total. The van der Waals surface area contributed by atoms with E-state index >= 15 is 0 Å². The zero-order chi connectivity index (χ0) is 18.2. The SMILES string of the molecule is CCCN1C[C@@H](NS(=O)(=O)c2sc3ccc(C#N)cc3c2C)CC1=O. The number of hydrogen-bond donors (Lipinski definition) is 1. The van der Waals surface area contributed by atoms with Gasteiger partial charge in [0.1, 0.15) is 4.21 Å². The number of benzene rings is 1. The number of sulfonamides is 1. The lowest BCUT2D eigenvalue weighted by Gasteiger charge is -2.16. The molecule has 1 fully saturated rings. The molecule has 25 heavy (non-hydrogen) atoms. The second-order valence-corrected chi connectivity index (χ2v) is 9.16. The van der Waals surface area contributed by atoms with Crippen molar-refractivity contribution < 1.29 is 13.2 Å². The average Bonchev–Trinajstić information content (AvgIpc) is 3.08. The van der Waals surface area contributed by atoms with Crippen molar-refractivity contribution in [3.63, 3.8) is 0 Å². The van der Waals surface area contributed by atoms with Gasteiger partial charge in [-0.3, -0.25) is 4.79 Å². The van der Waals surface area contributed by atoms with Gasteiger partial charge in [-0.2, -0.15) is 5.26 Å². The second kappa shape index (κ2) is 6.75. The maximum Gasteiger partial charge on any atom is 0.250 e. The second-order valence-electron chi connectivity index (χ2n) is 6.20. The number of nitriles is 1. The van der Waals surface area contributed by atoms with Crippen LogP contribution in [0.4, 0.5) is 0 Å². The van der Waals surface area contributed by atoms with E-state index in [1.165, 1.54) is 11.3 Å². The molecule has 0 spiro atoms. The molecule has 1 aromatic carbocycles. The number of nitrogens with one attached hydrogen (secondary N) is 1. The Morgan fingerprint density at radius 1 is 1.44 bits per heavy atom. The maximum absolute atomic E-state index is 12.8. The number of amides is 1. The molecule has 0 saturated carbocycles. The molecule has 1 aromatic heterocycles. The van der Waals surface area contributed by atoms with Crippen LogP contribution in [0.5, 0.6) is 0 Å². The zero-order valence-electron chi connectivity index (χ0n) is 14.1. The van der Waals surface area contributed by atoms with Gasteiger partial charge in [-0.1, -0.05) is 6.92 Å². The fraction of sp³-hybridized carbons (Fsp3) is 0.412. The van der Waals surface area contributed by atoms with Crippen molar-refractivity contribution in [1.29, 1.82) is 5.26 Å². The number of thiophene rings is 1. The normalized spacial score (nSPS) is 18.0. The monoisotopic (exact) mass is 377 g/mol. The van der Waals surface area contributed by atoms with Crippen LogP contribution in [0.15, 0.2) is 22.4 Å². The minimum absolute atomic E-state index is 0.0127. The highest BCUT2D eigenvalue weighted by atomic mass is 32.2. The van der Waals surface area contributed by atoms with Crippen LogP contribution < -0.4 is 4.72 Å². The molecule has 1 N–H and O–H groups in total. The van der Waals surface area contributed by atoms with Gasteiger partial charge in [-0.05, 0) is 42.5 Å². The third-order valence-electron chi connectivity index (χ3n) is 4.30. The topological polar surface area (TPSA) is 90.3 Å². The molecule has 1 aliphatic heterocycles. The summed E-state index contributed by atoms with van der Waals surface area (Å²) in [6.07, 6.45) is 1.05. The van der Waals surface area contributed by atoms with Gasteiger partial charge in [0.05, 0.1) is 11.6 Å². The number of hydrogen-bond acceptors (Lipinski definition) is 5. The third kappa shape index (κ3) is 3.40. The number of likely N-dealkylation sites (tertiary alicyclic amines) is 1. The van der Waals surface area contributed by atoms with Crippen LogP contribution in [0.2, 0.25) is 0 Å². The van der Waals surface area contributed by atoms with Crippen molar-refractivity contribution in [2.75, 3.05) is 13.1 Å². The van der Waals surface area contributed by atoms with Crippen LogP contribution in [0.25, 0.3) is 10.1 Å². The summed E-state index contributed by atoms with van der Waals surface area (Å²) in [6, 6.07) is 6.83. The molecule has 0 radical (unpaired) electrons. The quantitative estimate of drug-likeness (QED) is 0.866. The van der Waals surface area contributed by atoms with Crippen LogP contribution in [0.1, 0.15) is 30.9 Å². The van der Waals surface area contributed by atoms with Crippen molar-refractivity contribution in [3.05, 3.63) is 29.3 Å². The highest BCUT2D eigenvalue weighted by Crippen LogP contribution is 2.34. The summed E-state index contributed by atoms with van der Waals surface area (Å²) in [6.45, 7) is 4.79. The molecule has 2 aromatic rings. The molecule has 0 bridgehead atoms. The zero-order valence-corrected chi connectivity index (χ0v) is 15.7. The summed E-state index contributed by atoms with van der Waals surface area (Å²) in [5, 5.41) is 9.80. The van der Waals surface area contributed by atoms with Crippen molar-refractivity contribution in [3.8, 4) is 6.07 Å². The Morgan fingerprint density at radius 2 is 2.20 bits per heavy atom. The summed E-state index contributed by atoms with van der Waals surface area (Å²) in [7, 11) is -3.71. The molecule has 0 aliphatic carbocycles.